The average Bonchev–Trinajstić information content (AvgIpc) is 2.98. The summed E-state index contributed by atoms with van der Waals surface area (Å²) in [6, 6.07) is 3.39. The van der Waals surface area contributed by atoms with E-state index in [0.29, 0.717) is 11.7 Å². The molecular formula is C16H25NO4. The Morgan fingerprint density at radius 1 is 1.57 bits per heavy atom. The molecule has 1 aromatic heterocycles. The van der Waals surface area contributed by atoms with E-state index in [-0.39, 0.29) is 18.6 Å². The molecule has 118 valence electrons. The Labute approximate surface area is 125 Å². The molecule has 1 aliphatic rings. The maximum absolute atomic E-state index is 12.0. The fourth-order valence-electron chi connectivity index (χ4n) is 2.78. The maximum Gasteiger partial charge on any atom is 0.248 e. The van der Waals surface area contributed by atoms with E-state index in [1.807, 2.05) is 0 Å². The van der Waals surface area contributed by atoms with Crippen LogP contribution in [0, 0.1) is 5.92 Å². The smallest absolute Gasteiger partial charge is 0.248 e. The summed E-state index contributed by atoms with van der Waals surface area (Å²) in [5, 5.41) is 12.5. The zero-order valence-corrected chi connectivity index (χ0v) is 12.7. The summed E-state index contributed by atoms with van der Waals surface area (Å²) >= 11 is 0. The molecule has 0 aromatic carbocycles. The van der Waals surface area contributed by atoms with Crippen LogP contribution in [0.25, 0.3) is 0 Å². The van der Waals surface area contributed by atoms with Gasteiger partial charge in [-0.25, -0.2) is 0 Å². The molecule has 21 heavy (non-hydrogen) atoms. The fraction of sp³-hybridized carbons (Fsp3) is 0.688. The lowest BCUT2D eigenvalue weighted by atomic mass is 9.88. The van der Waals surface area contributed by atoms with Gasteiger partial charge in [0.05, 0.1) is 18.9 Å². The number of hydrogen-bond donors (Lipinski definition) is 2. The van der Waals surface area contributed by atoms with Gasteiger partial charge in [-0.3, -0.25) is 4.79 Å². The number of aliphatic hydroxyl groups excluding tert-OH is 1. The monoisotopic (exact) mass is 295 g/mol. The molecule has 1 fully saturated rings. The van der Waals surface area contributed by atoms with E-state index in [9.17, 15) is 9.90 Å². The summed E-state index contributed by atoms with van der Waals surface area (Å²) in [6.07, 6.45) is 4.80. The van der Waals surface area contributed by atoms with E-state index in [2.05, 4.69) is 12.2 Å². The number of nitrogens with one attached hydrogen (secondary N) is 1. The Bertz CT molecular complexity index is 431. The van der Waals surface area contributed by atoms with Crippen molar-refractivity contribution in [3.63, 3.8) is 0 Å². The molecule has 0 radical (unpaired) electrons. The highest BCUT2D eigenvalue weighted by Gasteiger charge is 2.24. The first-order valence-electron chi connectivity index (χ1n) is 7.71. The molecule has 1 heterocycles. The Hall–Kier alpha value is -1.33. The van der Waals surface area contributed by atoms with Crippen LogP contribution in [0.3, 0.4) is 0 Å². The Kier molecular flexibility index (Phi) is 5.82. The van der Waals surface area contributed by atoms with Crippen molar-refractivity contribution in [1.29, 1.82) is 0 Å². The summed E-state index contributed by atoms with van der Waals surface area (Å²) in [4.78, 5) is 12.0. The van der Waals surface area contributed by atoms with Crippen molar-refractivity contribution in [2.75, 3.05) is 6.54 Å². The molecule has 2 N–H and O–H groups in total. The molecule has 5 heteroatoms. The highest BCUT2D eigenvalue weighted by Crippen LogP contribution is 2.26. The predicted octanol–water partition coefficient (Wildman–Crippen LogP) is 2.41. The van der Waals surface area contributed by atoms with Crippen LogP contribution in [0.2, 0.25) is 0 Å². The molecule has 5 nitrogen and oxygen atoms in total. The molecule has 1 saturated carbocycles. The molecule has 0 bridgehead atoms. The second kappa shape index (κ2) is 7.61. The third-order valence-electron chi connectivity index (χ3n) is 4.00. The number of furan rings is 1. The van der Waals surface area contributed by atoms with Crippen molar-refractivity contribution in [2.24, 2.45) is 5.92 Å². The van der Waals surface area contributed by atoms with E-state index in [0.717, 1.165) is 19.3 Å². The minimum atomic E-state index is -0.828. The summed E-state index contributed by atoms with van der Waals surface area (Å²) in [7, 11) is 0. The molecular weight excluding hydrogens is 270 g/mol. The molecule has 1 aromatic rings. The van der Waals surface area contributed by atoms with Gasteiger partial charge in [0, 0.05) is 0 Å². The number of carbonyl (C=O) groups is 1. The van der Waals surface area contributed by atoms with Crippen molar-refractivity contribution in [3.8, 4) is 0 Å². The lowest BCUT2D eigenvalue weighted by Crippen LogP contribution is -2.39. The van der Waals surface area contributed by atoms with Gasteiger partial charge >= 0.3 is 0 Å². The highest BCUT2D eigenvalue weighted by molar-refractivity contribution is 5.80. The lowest BCUT2D eigenvalue weighted by molar-refractivity contribution is -0.137. The standard InChI is InChI=1S/C16H25NO4/c1-11-5-3-6-13(9-11)21-12(2)16(19)17-10-14(18)15-7-4-8-20-15/h4,7-8,11-14,18H,3,5-6,9-10H2,1-2H3,(H,17,19). The van der Waals surface area contributed by atoms with Crippen molar-refractivity contribution in [3.05, 3.63) is 24.2 Å². The SMILES string of the molecule is CC1CCCC(OC(C)C(=O)NCC(O)c2ccco2)C1. The van der Waals surface area contributed by atoms with Crippen LogP contribution in [-0.4, -0.2) is 29.8 Å². The second-order valence-electron chi connectivity index (χ2n) is 5.95. The number of carbonyl (C=O) groups excluding carboxylic acids is 1. The number of aliphatic hydroxyl groups is 1. The molecule has 1 amide bonds. The zero-order chi connectivity index (χ0) is 15.2. The molecule has 0 aliphatic heterocycles. The zero-order valence-electron chi connectivity index (χ0n) is 12.7. The molecule has 4 unspecified atom stereocenters. The van der Waals surface area contributed by atoms with E-state index < -0.39 is 12.2 Å². The predicted molar refractivity (Wildman–Crippen MR) is 78.6 cm³/mol. The molecule has 1 aliphatic carbocycles. The minimum Gasteiger partial charge on any atom is -0.467 e. The second-order valence-corrected chi connectivity index (χ2v) is 5.95. The first-order valence-corrected chi connectivity index (χ1v) is 7.71. The van der Waals surface area contributed by atoms with Gasteiger partial charge in [-0.15, -0.1) is 0 Å². The first-order chi connectivity index (χ1) is 10.1. The normalized spacial score (nSPS) is 25.3. The topological polar surface area (TPSA) is 71.7 Å². The van der Waals surface area contributed by atoms with Crippen molar-refractivity contribution in [2.45, 2.75) is 57.8 Å². The van der Waals surface area contributed by atoms with Crippen molar-refractivity contribution in [1.82, 2.24) is 5.32 Å². The van der Waals surface area contributed by atoms with E-state index in [1.54, 1.807) is 19.1 Å². The van der Waals surface area contributed by atoms with E-state index in [4.69, 9.17) is 9.15 Å². The Morgan fingerprint density at radius 3 is 3.05 bits per heavy atom. The Balaban J connectivity index is 1.72. The van der Waals surface area contributed by atoms with Crippen LogP contribution < -0.4 is 5.32 Å². The van der Waals surface area contributed by atoms with Crippen LogP contribution >= 0.6 is 0 Å². The van der Waals surface area contributed by atoms with Crippen LogP contribution in [0.4, 0.5) is 0 Å². The quantitative estimate of drug-likeness (QED) is 0.845. The van der Waals surface area contributed by atoms with Gasteiger partial charge in [-0.05, 0) is 37.8 Å². The summed E-state index contributed by atoms with van der Waals surface area (Å²) in [5.74, 6) is 0.920. The Morgan fingerprint density at radius 2 is 2.38 bits per heavy atom. The van der Waals surface area contributed by atoms with Crippen LogP contribution in [0.15, 0.2) is 22.8 Å². The molecule has 4 atom stereocenters. The van der Waals surface area contributed by atoms with Gasteiger partial charge in [-0.1, -0.05) is 19.8 Å². The summed E-state index contributed by atoms with van der Waals surface area (Å²) in [5.41, 5.74) is 0. The van der Waals surface area contributed by atoms with Crippen LogP contribution in [0.1, 0.15) is 51.4 Å². The van der Waals surface area contributed by atoms with Crippen molar-refractivity contribution < 1.29 is 19.1 Å². The largest absolute Gasteiger partial charge is 0.467 e. The third-order valence-corrected chi connectivity index (χ3v) is 4.00. The van der Waals surface area contributed by atoms with Gasteiger partial charge in [0.25, 0.3) is 0 Å². The van der Waals surface area contributed by atoms with Gasteiger partial charge in [-0.2, -0.15) is 0 Å². The summed E-state index contributed by atoms with van der Waals surface area (Å²) in [6.45, 7) is 4.11. The molecule has 2 rings (SSSR count). The van der Waals surface area contributed by atoms with Gasteiger partial charge in [0.2, 0.25) is 5.91 Å². The molecule has 0 spiro atoms. The van der Waals surface area contributed by atoms with Crippen LogP contribution in [0.5, 0.6) is 0 Å². The fourth-order valence-corrected chi connectivity index (χ4v) is 2.78. The molecule has 0 saturated heterocycles. The average molecular weight is 295 g/mol. The summed E-state index contributed by atoms with van der Waals surface area (Å²) < 4.78 is 10.9. The van der Waals surface area contributed by atoms with Gasteiger partial charge < -0.3 is 19.6 Å². The van der Waals surface area contributed by atoms with E-state index in [1.165, 1.54) is 12.7 Å². The highest BCUT2D eigenvalue weighted by atomic mass is 16.5. The lowest BCUT2D eigenvalue weighted by Gasteiger charge is -2.29. The van der Waals surface area contributed by atoms with Crippen LogP contribution in [-0.2, 0) is 9.53 Å². The number of rotatable bonds is 6. The minimum absolute atomic E-state index is 0.126. The van der Waals surface area contributed by atoms with E-state index >= 15 is 0 Å². The maximum atomic E-state index is 12.0. The van der Waals surface area contributed by atoms with Crippen molar-refractivity contribution >= 4 is 5.91 Å². The number of hydrogen-bond acceptors (Lipinski definition) is 4. The third kappa shape index (κ3) is 4.86. The number of amides is 1. The first kappa shape index (κ1) is 16.0. The van der Waals surface area contributed by atoms with Gasteiger partial charge in [0.15, 0.2) is 0 Å². The number of ether oxygens (including phenoxy) is 1. The van der Waals surface area contributed by atoms with Gasteiger partial charge in [0.1, 0.15) is 18.0 Å².